The van der Waals surface area contributed by atoms with Crippen molar-refractivity contribution in [1.82, 2.24) is 10.6 Å². The van der Waals surface area contributed by atoms with Crippen LogP contribution in [0.2, 0.25) is 0 Å². The fourth-order valence-corrected chi connectivity index (χ4v) is 1.59. The highest BCUT2D eigenvalue weighted by Crippen LogP contribution is 2.11. The Morgan fingerprint density at radius 1 is 1.28 bits per heavy atom. The van der Waals surface area contributed by atoms with Gasteiger partial charge in [0.1, 0.15) is 5.75 Å². The first-order valence-corrected chi connectivity index (χ1v) is 6.26. The first-order chi connectivity index (χ1) is 8.65. The molecule has 0 fully saturated rings. The van der Waals surface area contributed by atoms with Crippen molar-refractivity contribution in [3.63, 3.8) is 0 Å². The SMILES string of the molecule is CN=C(NCCc1ccc(OC)cc1)NC(C)C. The Hall–Kier alpha value is -1.71. The maximum Gasteiger partial charge on any atom is 0.191 e. The third kappa shape index (κ3) is 5.08. The fourth-order valence-electron chi connectivity index (χ4n) is 1.59. The summed E-state index contributed by atoms with van der Waals surface area (Å²) in [5.74, 6) is 1.74. The van der Waals surface area contributed by atoms with E-state index in [0.717, 1.165) is 24.7 Å². The molecule has 0 aliphatic rings. The number of ether oxygens (including phenoxy) is 1. The highest BCUT2D eigenvalue weighted by Gasteiger charge is 1.99. The summed E-state index contributed by atoms with van der Waals surface area (Å²) in [6.07, 6.45) is 0.961. The van der Waals surface area contributed by atoms with Crippen molar-refractivity contribution in [2.24, 2.45) is 4.99 Å². The summed E-state index contributed by atoms with van der Waals surface area (Å²) in [7, 11) is 3.46. The maximum atomic E-state index is 5.13. The van der Waals surface area contributed by atoms with E-state index in [-0.39, 0.29) is 0 Å². The maximum absolute atomic E-state index is 5.13. The Labute approximate surface area is 109 Å². The van der Waals surface area contributed by atoms with Crippen LogP contribution in [0, 0.1) is 0 Å². The number of hydrogen-bond acceptors (Lipinski definition) is 2. The molecule has 2 N–H and O–H groups in total. The van der Waals surface area contributed by atoms with E-state index in [9.17, 15) is 0 Å². The van der Waals surface area contributed by atoms with Gasteiger partial charge in [-0.1, -0.05) is 12.1 Å². The zero-order chi connectivity index (χ0) is 13.4. The Kier molecular flexibility index (Phi) is 6.05. The van der Waals surface area contributed by atoms with Gasteiger partial charge in [0, 0.05) is 19.6 Å². The molecule has 0 aliphatic carbocycles. The number of rotatable bonds is 5. The minimum absolute atomic E-state index is 0.386. The molecule has 4 heteroatoms. The first-order valence-electron chi connectivity index (χ1n) is 6.26. The second-order valence-corrected chi connectivity index (χ2v) is 4.40. The van der Waals surface area contributed by atoms with E-state index in [1.165, 1.54) is 5.56 Å². The lowest BCUT2D eigenvalue weighted by molar-refractivity contribution is 0.414. The Bertz CT molecular complexity index is 371. The molecule has 4 nitrogen and oxygen atoms in total. The van der Waals surface area contributed by atoms with Crippen molar-refractivity contribution in [3.8, 4) is 5.75 Å². The molecule has 18 heavy (non-hydrogen) atoms. The third-order valence-corrected chi connectivity index (χ3v) is 2.51. The zero-order valence-electron chi connectivity index (χ0n) is 11.7. The highest BCUT2D eigenvalue weighted by atomic mass is 16.5. The summed E-state index contributed by atoms with van der Waals surface area (Å²) in [5, 5.41) is 6.54. The van der Waals surface area contributed by atoms with Crippen LogP contribution in [-0.2, 0) is 6.42 Å². The van der Waals surface area contributed by atoms with Crippen LogP contribution in [0.15, 0.2) is 29.3 Å². The second-order valence-electron chi connectivity index (χ2n) is 4.40. The van der Waals surface area contributed by atoms with E-state index in [1.807, 2.05) is 12.1 Å². The molecule has 0 radical (unpaired) electrons. The average Bonchev–Trinajstić information content (AvgIpc) is 2.38. The van der Waals surface area contributed by atoms with Crippen molar-refractivity contribution in [2.75, 3.05) is 20.7 Å². The standard InChI is InChI=1S/C14H23N3O/c1-11(2)17-14(15-3)16-10-9-12-5-7-13(18-4)8-6-12/h5-8,11H,9-10H2,1-4H3,(H2,15,16,17). The van der Waals surface area contributed by atoms with Crippen molar-refractivity contribution in [1.29, 1.82) is 0 Å². The van der Waals surface area contributed by atoms with Gasteiger partial charge in [-0.15, -0.1) is 0 Å². The number of aliphatic imine (C=N–C) groups is 1. The third-order valence-electron chi connectivity index (χ3n) is 2.51. The van der Waals surface area contributed by atoms with Gasteiger partial charge < -0.3 is 15.4 Å². The second kappa shape index (κ2) is 7.58. The summed E-state index contributed by atoms with van der Waals surface area (Å²) in [6, 6.07) is 8.52. The number of benzene rings is 1. The van der Waals surface area contributed by atoms with Crippen molar-refractivity contribution in [3.05, 3.63) is 29.8 Å². The molecule has 1 aromatic carbocycles. The molecule has 0 saturated heterocycles. The molecular formula is C14H23N3O. The van der Waals surface area contributed by atoms with Crippen molar-refractivity contribution in [2.45, 2.75) is 26.3 Å². The molecule has 0 atom stereocenters. The van der Waals surface area contributed by atoms with E-state index in [1.54, 1.807) is 14.2 Å². The van der Waals surface area contributed by atoms with Crippen molar-refractivity contribution < 1.29 is 4.74 Å². The lowest BCUT2D eigenvalue weighted by Crippen LogP contribution is -2.41. The Morgan fingerprint density at radius 2 is 1.94 bits per heavy atom. The van der Waals surface area contributed by atoms with Crippen LogP contribution in [0.4, 0.5) is 0 Å². The predicted molar refractivity (Wildman–Crippen MR) is 76.3 cm³/mol. The van der Waals surface area contributed by atoms with Crippen LogP contribution in [0.5, 0.6) is 5.75 Å². The molecule has 0 saturated carbocycles. The van der Waals surface area contributed by atoms with E-state index in [4.69, 9.17) is 4.74 Å². The van der Waals surface area contributed by atoms with Crippen molar-refractivity contribution >= 4 is 5.96 Å². The van der Waals surface area contributed by atoms with Crippen LogP contribution >= 0.6 is 0 Å². The van der Waals surface area contributed by atoms with Crippen LogP contribution in [0.3, 0.4) is 0 Å². The summed E-state index contributed by atoms with van der Waals surface area (Å²) >= 11 is 0. The molecule has 1 aromatic rings. The summed E-state index contributed by atoms with van der Waals surface area (Å²) in [6.45, 7) is 5.05. The van der Waals surface area contributed by atoms with Crippen LogP contribution in [-0.4, -0.2) is 32.7 Å². The molecule has 0 bridgehead atoms. The van der Waals surface area contributed by atoms with Gasteiger partial charge in [-0.25, -0.2) is 0 Å². The van der Waals surface area contributed by atoms with Gasteiger partial charge in [-0.3, -0.25) is 4.99 Å². The number of guanidine groups is 1. The quantitative estimate of drug-likeness (QED) is 0.618. The van der Waals surface area contributed by atoms with E-state index >= 15 is 0 Å². The molecule has 0 amide bonds. The summed E-state index contributed by atoms with van der Waals surface area (Å²) < 4.78 is 5.13. The lowest BCUT2D eigenvalue weighted by atomic mass is 10.1. The minimum atomic E-state index is 0.386. The number of methoxy groups -OCH3 is 1. The molecule has 0 aromatic heterocycles. The highest BCUT2D eigenvalue weighted by molar-refractivity contribution is 5.79. The van der Waals surface area contributed by atoms with Gasteiger partial charge in [-0.2, -0.15) is 0 Å². The normalized spacial score (nSPS) is 11.5. The summed E-state index contributed by atoms with van der Waals surface area (Å²) in [5.41, 5.74) is 1.28. The number of hydrogen-bond donors (Lipinski definition) is 2. The van der Waals surface area contributed by atoms with Gasteiger partial charge in [0.05, 0.1) is 7.11 Å². The van der Waals surface area contributed by atoms with E-state index < -0.39 is 0 Å². The van der Waals surface area contributed by atoms with Gasteiger partial charge in [0.15, 0.2) is 5.96 Å². The molecule has 0 heterocycles. The summed E-state index contributed by atoms with van der Waals surface area (Å²) in [4.78, 5) is 4.16. The largest absolute Gasteiger partial charge is 0.497 e. The van der Waals surface area contributed by atoms with Gasteiger partial charge in [-0.05, 0) is 38.0 Å². The number of nitrogens with one attached hydrogen (secondary N) is 2. The monoisotopic (exact) mass is 249 g/mol. The van der Waals surface area contributed by atoms with Crippen LogP contribution < -0.4 is 15.4 Å². The van der Waals surface area contributed by atoms with Crippen LogP contribution in [0.25, 0.3) is 0 Å². The number of nitrogens with zero attached hydrogens (tertiary/aromatic N) is 1. The minimum Gasteiger partial charge on any atom is -0.497 e. The topological polar surface area (TPSA) is 45.7 Å². The molecule has 0 unspecified atom stereocenters. The predicted octanol–water partition coefficient (Wildman–Crippen LogP) is 1.81. The first kappa shape index (κ1) is 14.4. The lowest BCUT2D eigenvalue weighted by Gasteiger charge is -2.14. The zero-order valence-corrected chi connectivity index (χ0v) is 11.7. The van der Waals surface area contributed by atoms with Gasteiger partial charge in [0.2, 0.25) is 0 Å². The smallest absolute Gasteiger partial charge is 0.191 e. The molecular weight excluding hydrogens is 226 g/mol. The molecule has 0 spiro atoms. The molecule has 0 aliphatic heterocycles. The van der Waals surface area contributed by atoms with Gasteiger partial charge in [0.25, 0.3) is 0 Å². The van der Waals surface area contributed by atoms with Gasteiger partial charge >= 0.3 is 0 Å². The molecule has 1 rings (SSSR count). The Morgan fingerprint density at radius 3 is 2.44 bits per heavy atom. The fraction of sp³-hybridized carbons (Fsp3) is 0.500. The Balaban J connectivity index is 2.36. The van der Waals surface area contributed by atoms with Crippen LogP contribution in [0.1, 0.15) is 19.4 Å². The van der Waals surface area contributed by atoms with E-state index in [2.05, 4.69) is 41.6 Å². The average molecular weight is 249 g/mol. The van der Waals surface area contributed by atoms with E-state index in [0.29, 0.717) is 6.04 Å². The molecule has 100 valence electrons.